The molecule has 0 N–H and O–H groups in total. The molecule has 2 aromatic heterocycles. The van der Waals surface area contributed by atoms with Gasteiger partial charge < -0.3 is 9.47 Å². The fourth-order valence-electron chi connectivity index (χ4n) is 1.75. The summed E-state index contributed by atoms with van der Waals surface area (Å²) in [6.07, 6.45) is 0. The number of pyridine rings is 2. The topological polar surface area (TPSA) is 78.4 Å². The van der Waals surface area contributed by atoms with E-state index in [-0.39, 0.29) is 24.6 Å². The molecule has 0 fully saturated rings. The zero-order chi connectivity index (χ0) is 17.9. The van der Waals surface area contributed by atoms with Crippen LogP contribution >= 0.6 is 0 Å². The summed E-state index contributed by atoms with van der Waals surface area (Å²) in [6, 6.07) is 10.5. The van der Waals surface area contributed by atoms with E-state index in [1.165, 1.54) is 12.1 Å². The maximum Gasteiger partial charge on any atom is 0.356 e. The number of rotatable bonds is 4. The molecule has 0 saturated carbocycles. The van der Waals surface area contributed by atoms with Crippen LogP contribution < -0.4 is 0 Å². The molecule has 0 radical (unpaired) electrons. The molecule has 0 aliphatic carbocycles. The second-order valence-corrected chi connectivity index (χ2v) is 4.77. The molecule has 6 heteroatoms. The maximum atomic E-state index is 11.3. The predicted octanol–water partition coefficient (Wildman–Crippen LogP) is 3.13. The summed E-state index contributed by atoms with van der Waals surface area (Å²) in [5.74, 6) is -1.10. The summed E-state index contributed by atoms with van der Waals surface area (Å²) < 4.78 is 9.54. The van der Waals surface area contributed by atoms with E-state index in [4.69, 9.17) is 9.47 Å². The number of esters is 2. The third-order valence-corrected chi connectivity index (χ3v) is 2.75. The van der Waals surface area contributed by atoms with Gasteiger partial charge in [0.25, 0.3) is 0 Å². The van der Waals surface area contributed by atoms with Gasteiger partial charge in [-0.05, 0) is 52.0 Å². The quantitative estimate of drug-likeness (QED) is 0.801. The molecule has 0 amide bonds. The van der Waals surface area contributed by atoms with Crippen molar-refractivity contribution in [2.75, 3.05) is 13.2 Å². The lowest BCUT2D eigenvalue weighted by molar-refractivity contribution is 0.0511. The number of carbonyl (C=O) groups excluding carboxylic acids is 2. The van der Waals surface area contributed by atoms with Crippen LogP contribution in [0.3, 0.4) is 0 Å². The van der Waals surface area contributed by atoms with E-state index in [0.717, 1.165) is 11.4 Å². The van der Waals surface area contributed by atoms with Crippen molar-refractivity contribution in [1.29, 1.82) is 0 Å². The minimum Gasteiger partial charge on any atom is -0.461 e. The lowest BCUT2D eigenvalue weighted by atomic mass is 10.3. The average molecular weight is 330 g/mol. The van der Waals surface area contributed by atoms with Gasteiger partial charge in [0.15, 0.2) is 0 Å². The molecule has 24 heavy (non-hydrogen) atoms. The monoisotopic (exact) mass is 330 g/mol. The molecule has 0 aliphatic rings. The van der Waals surface area contributed by atoms with E-state index < -0.39 is 11.9 Å². The molecular formula is C18H22N2O4. The average Bonchev–Trinajstić information content (AvgIpc) is 2.56. The Balaban J connectivity index is 0.000000300. The van der Waals surface area contributed by atoms with Crippen LogP contribution in [0.15, 0.2) is 36.4 Å². The summed E-state index contributed by atoms with van der Waals surface area (Å²) in [6.45, 7) is 7.93. The highest BCUT2D eigenvalue weighted by Crippen LogP contribution is 2.03. The minimum atomic E-state index is -0.548. The first kappa shape index (κ1) is 19.3. The molecule has 0 aromatic carbocycles. The molecule has 0 spiro atoms. The van der Waals surface area contributed by atoms with Crippen molar-refractivity contribution in [3.63, 3.8) is 0 Å². The van der Waals surface area contributed by atoms with Crippen LogP contribution in [0.4, 0.5) is 0 Å². The Morgan fingerprint density at radius 2 is 1.21 bits per heavy atom. The van der Waals surface area contributed by atoms with Crippen molar-refractivity contribution in [1.82, 2.24) is 9.97 Å². The van der Waals surface area contributed by atoms with E-state index in [9.17, 15) is 9.59 Å². The minimum absolute atomic E-state index is 0.104. The van der Waals surface area contributed by atoms with Gasteiger partial charge in [0.1, 0.15) is 11.4 Å². The van der Waals surface area contributed by atoms with Gasteiger partial charge in [-0.25, -0.2) is 14.6 Å². The van der Waals surface area contributed by atoms with Gasteiger partial charge in [-0.1, -0.05) is 12.1 Å². The number of nitrogens with zero attached hydrogens (tertiary/aromatic N) is 2. The molecule has 128 valence electrons. The molecule has 0 bridgehead atoms. The van der Waals surface area contributed by atoms with Crippen molar-refractivity contribution in [3.05, 3.63) is 59.2 Å². The van der Waals surface area contributed by atoms with E-state index in [1.807, 2.05) is 32.0 Å². The fraction of sp³-hybridized carbons (Fsp3) is 0.333. The van der Waals surface area contributed by atoms with Crippen LogP contribution in [-0.2, 0) is 9.47 Å². The van der Waals surface area contributed by atoms with Gasteiger partial charge in [0.05, 0.1) is 13.2 Å². The third-order valence-electron chi connectivity index (χ3n) is 2.75. The van der Waals surface area contributed by atoms with Crippen LogP contribution in [0.2, 0.25) is 0 Å². The lowest BCUT2D eigenvalue weighted by Gasteiger charge is -2.03. The Bertz CT molecular complexity index is 636. The third kappa shape index (κ3) is 6.56. The van der Waals surface area contributed by atoms with E-state index in [1.54, 1.807) is 19.9 Å². The van der Waals surface area contributed by atoms with Crippen LogP contribution in [0.5, 0.6) is 0 Å². The molecule has 0 aliphatic heterocycles. The van der Waals surface area contributed by atoms with Crippen molar-refractivity contribution in [2.24, 2.45) is 0 Å². The fourth-order valence-corrected chi connectivity index (χ4v) is 1.75. The molecular weight excluding hydrogens is 308 g/mol. The first-order chi connectivity index (χ1) is 11.5. The summed E-state index contributed by atoms with van der Waals surface area (Å²) in [7, 11) is 0. The number of hydrogen-bond acceptors (Lipinski definition) is 6. The highest BCUT2D eigenvalue weighted by molar-refractivity contribution is 5.91. The molecule has 2 heterocycles. The number of carbonyl (C=O) groups is 2. The summed E-state index contributed by atoms with van der Waals surface area (Å²) in [5, 5.41) is 0. The SMILES string of the molecule is CCOC(=O)c1cccc(C(=O)OCC)n1.Cc1cccc(C)n1. The summed E-state index contributed by atoms with van der Waals surface area (Å²) in [5.41, 5.74) is 2.38. The zero-order valence-corrected chi connectivity index (χ0v) is 14.4. The van der Waals surface area contributed by atoms with Crippen molar-refractivity contribution in [3.8, 4) is 0 Å². The van der Waals surface area contributed by atoms with Crippen LogP contribution in [-0.4, -0.2) is 35.1 Å². The van der Waals surface area contributed by atoms with E-state index in [2.05, 4.69) is 9.97 Å². The Morgan fingerprint density at radius 1 is 0.792 bits per heavy atom. The smallest absolute Gasteiger partial charge is 0.356 e. The number of aryl methyl sites for hydroxylation is 2. The largest absolute Gasteiger partial charge is 0.461 e. The number of aromatic nitrogens is 2. The highest BCUT2D eigenvalue weighted by atomic mass is 16.5. The number of ether oxygens (including phenoxy) is 2. The Labute approximate surface area is 141 Å². The molecule has 6 nitrogen and oxygen atoms in total. The second kappa shape index (κ2) is 10.1. The van der Waals surface area contributed by atoms with Crippen molar-refractivity contribution in [2.45, 2.75) is 27.7 Å². The van der Waals surface area contributed by atoms with E-state index in [0.29, 0.717) is 0 Å². The van der Waals surface area contributed by atoms with Crippen LogP contribution in [0.25, 0.3) is 0 Å². The zero-order valence-electron chi connectivity index (χ0n) is 14.4. The van der Waals surface area contributed by atoms with Gasteiger partial charge in [-0.2, -0.15) is 0 Å². The van der Waals surface area contributed by atoms with E-state index >= 15 is 0 Å². The highest BCUT2D eigenvalue weighted by Gasteiger charge is 2.13. The van der Waals surface area contributed by atoms with Crippen molar-refractivity contribution >= 4 is 11.9 Å². The van der Waals surface area contributed by atoms with Crippen LogP contribution in [0.1, 0.15) is 46.2 Å². The molecule has 2 rings (SSSR count). The summed E-state index contributed by atoms with van der Waals surface area (Å²) in [4.78, 5) is 30.7. The van der Waals surface area contributed by atoms with Crippen molar-refractivity contribution < 1.29 is 19.1 Å². The van der Waals surface area contributed by atoms with Gasteiger partial charge in [0, 0.05) is 11.4 Å². The van der Waals surface area contributed by atoms with Gasteiger partial charge in [-0.3, -0.25) is 4.98 Å². The first-order valence-corrected chi connectivity index (χ1v) is 7.69. The Hall–Kier alpha value is -2.76. The lowest BCUT2D eigenvalue weighted by Crippen LogP contribution is -2.12. The van der Waals surface area contributed by atoms with Gasteiger partial charge >= 0.3 is 11.9 Å². The van der Waals surface area contributed by atoms with Gasteiger partial charge in [0.2, 0.25) is 0 Å². The number of hydrogen-bond donors (Lipinski definition) is 0. The standard InChI is InChI=1S/C11H13NO4.C7H9N/c1-3-15-10(13)8-6-5-7-9(12-8)11(14)16-4-2;1-6-4-3-5-7(2)8-6/h5-7H,3-4H2,1-2H3;3-5H,1-2H3. The molecule has 0 atom stereocenters. The van der Waals surface area contributed by atoms with Crippen LogP contribution in [0, 0.1) is 13.8 Å². The maximum absolute atomic E-state index is 11.3. The summed E-state index contributed by atoms with van der Waals surface area (Å²) >= 11 is 0. The Kier molecular flexibility index (Phi) is 8.11. The van der Waals surface area contributed by atoms with Gasteiger partial charge in [-0.15, -0.1) is 0 Å². The Morgan fingerprint density at radius 3 is 1.54 bits per heavy atom. The second-order valence-electron chi connectivity index (χ2n) is 4.77. The predicted molar refractivity (Wildman–Crippen MR) is 89.9 cm³/mol. The first-order valence-electron chi connectivity index (χ1n) is 7.69. The molecule has 0 saturated heterocycles. The normalized spacial score (nSPS) is 9.50. The molecule has 2 aromatic rings. The molecule has 0 unspecified atom stereocenters.